The van der Waals surface area contributed by atoms with Gasteiger partial charge in [-0.15, -0.1) is 11.3 Å². The van der Waals surface area contributed by atoms with Crippen LogP contribution in [0.2, 0.25) is 0 Å². The highest BCUT2D eigenvalue weighted by atomic mass is 32.2. The molecule has 14 heteroatoms. The van der Waals surface area contributed by atoms with Gasteiger partial charge in [-0.2, -0.15) is 5.10 Å². The van der Waals surface area contributed by atoms with Crippen LogP contribution in [0.1, 0.15) is 51.4 Å². The lowest BCUT2D eigenvalue weighted by Gasteiger charge is -2.17. The van der Waals surface area contributed by atoms with Crippen LogP contribution in [0.3, 0.4) is 0 Å². The molecule has 0 spiro atoms. The van der Waals surface area contributed by atoms with Crippen molar-refractivity contribution in [3.05, 3.63) is 39.7 Å². The van der Waals surface area contributed by atoms with Crippen LogP contribution in [0.5, 0.6) is 0 Å². The van der Waals surface area contributed by atoms with Gasteiger partial charge in [-0.25, -0.2) is 14.6 Å². The maximum Gasteiger partial charge on any atom is 0.348 e. The molecule has 1 N–H and O–H groups in total. The van der Waals surface area contributed by atoms with Crippen LogP contribution < -0.4 is 5.32 Å². The Morgan fingerprint density at radius 1 is 1.18 bits per heavy atom. The van der Waals surface area contributed by atoms with Crippen molar-refractivity contribution in [1.29, 1.82) is 0 Å². The van der Waals surface area contributed by atoms with E-state index >= 15 is 0 Å². The minimum Gasteiger partial charge on any atom is -0.462 e. The van der Waals surface area contributed by atoms with Crippen LogP contribution in [-0.2, 0) is 30.8 Å². The molecule has 2 amide bonds. The van der Waals surface area contributed by atoms with Crippen molar-refractivity contribution in [3.63, 3.8) is 0 Å². The molecule has 2 aromatic heterocycles. The van der Waals surface area contributed by atoms with Gasteiger partial charge in [0.1, 0.15) is 15.6 Å². The van der Waals surface area contributed by atoms with Crippen LogP contribution in [0, 0.1) is 6.92 Å². The summed E-state index contributed by atoms with van der Waals surface area (Å²) in [6.45, 7) is 6.08. The van der Waals surface area contributed by atoms with E-state index in [1.165, 1.54) is 4.90 Å². The van der Waals surface area contributed by atoms with Gasteiger partial charge in [-0.05, 0) is 38.8 Å². The molecule has 1 aliphatic heterocycles. The van der Waals surface area contributed by atoms with Crippen molar-refractivity contribution in [2.75, 3.05) is 44.5 Å². The van der Waals surface area contributed by atoms with Gasteiger partial charge >= 0.3 is 11.9 Å². The fourth-order valence-corrected chi connectivity index (χ4v) is 5.54. The number of aliphatic imine (C=N–C) groups is 1. The summed E-state index contributed by atoms with van der Waals surface area (Å²) in [5.41, 5.74) is 1.45. The van der Waals surface area contributed by atoms with E-state index in [2.05, 4.69) is 15.4 Å². The van der Waals surface area contributed by atoms with Gasteiger partial charge in [-0.3, -0.25) is 19.2 Å². The maximum absolute atomic E-state index is 13.1. The predicted molar refractivity (Wildman–Crippen MR) is 149 cm³/mol. The molecule has 3 heterocycles. The fraction of sp³-hybridized carbons (Fsp3) is 0.440. The fourth-order valence-electron chi connectivity index (χ4n) is 3.61. The van der Waals surface area contributed by atoms with E-state index in [1.54, 1.807) is 58.1 Å². The number of nitrogens with zero attached hydrogens (tertiary/aromatic N) is 4. The first-order chi connectivity index (χ1) is 18.7. The number of ether oxygens (including phenoxy) is 3. The number of thioether (sulfide) groups is 1. The minimum atomic E-state index is -0.648. The van der Waals surface area contributed by atoms with Gasteiger partial charge in [0.15, 0.2) is 5.17 Å². The molecule has 3 rings (SSSR count). The summed E-state index contributed by atoms with van der Waals surface area (Å²) in [5, 5.41) is 7.38. The molecule has 0 saturated carbocycles. The third-order valence-electron chi connectivity index (χ3n) is 5.34. The van der Waals surface area contributed by atoms with E-state index in [0.717, 1.165) is 28.7 Å². The maximum atomic E-state index is 13.1. The van der Waals surface area contributed by atoms with E-state index in [4.69, 9.17) is 14.2 Å². The highest BCUT2D eigenvalue weighted by Crippen LogP contribution is 2.34. The topological polar surface area (TPSA) is 141 Å². The third kappa shape index (κ3) is 7.55. The lowest BCUT2D eigenvalue weighted by Crippen LogP contribution is -2.32. The summed E-state index contributed by atoms with van der Waals surface area (Å²) < 4.78 is 16.9. The number of thiophene rings is 1. The number of aromatic nitrogens is 2. The Morgan fingerprint density at radius 2 is 1.90 bits per heavy atom. The quantitative estimate of drug-likeness (QED) is 0.229. The number of anilines is 1. The molecule has 0 saturated heterocycles. The zero-order valence-corrected chi connectivity index (χ0v) is 24.1. The van der Waals surface area contributed by atoms with E-state index in [0.29, 0.717) is 30.3 Å². The van der Waals surface area contributed by atoms with Crippen molar-refractivity contribution in [3.8, 4) is 0 Å². The van der Waals surface area contributed by atoms with Crippen molar-refractivity contribution in [2.45, 2.75) is 27.2 Å². The van der Waals surface area contributed by atoms with Crippen LogP contribution in [0.15, 0.2) is 23.1 Å². The number of nitrogens with one attached hydrogen (secondary N) is 1. The van der Waals surface area contributed by atoms with Gasteiger partial charge in [-0.1, -0.05) is 11.8 Å². The number of hydrogen-bond donors (Lipinski definition) is 1. The second-order valence-corrected chi connectivity index (χ2v) is 10.2. The van der Waals surface area contributed by atoms with E-state index < -0.39 is 17.8 Å². The summed E-state index contributed by atoms with van der Waals surface area (Å²) in [6, 6.07) is 0. The Bertz CT molecular complexity index is 1300. The molecule has 0 unspecified atom stereocenters. The Kier molecular flexibility index (Phi) is 10.8. The Balaban J connectivity index is 1.79. The average Bonchev–Trinajstić information content (AvgIpc) is 3.54. The van der Waals surface area contributed by atoms with Crippen molar-refractivity contribution in [1.82, 2.24) is 14.7 Å². The van der Waals surface area contributed by atoms with Gasteiger partial charge in [0.25, 0.3) is 5.91 Å². The molecule has 210 valence electrons. The first kappa shape index (κ1) is 30.1. The zero-order chi connectivity index (χ0) is 28.5. The normalized spacial score (nSPS) is 14.1. The second kappa shape index (κ2) is 14.1. The summed E-state index contributed by atoms with van der Waals surface area (Å²) in [4.78, 5) is 57.2. The average molecular weight is 578 g/mol. The molecule has 0 fully saturated rings. The zero-order valence-electron chi connectivity index (χ0n) is 22.4. The Labute approximate surface area is 234 Å². The molecule has 0 radical (unpaired) electrons. The molecule has 0 atom stereocenters. The summed E-state index contributed by atoms with van der Waals surface area (Å²) in [7, 11) is 3.36. The van der Waals surface area contributed by atoms with Gasteiger partial charge in [0.2, 0.25) is 5.91 Å². The molecule has 0 aliphatic carbocycles. The minimum absolute atomic E-state index is 0.0962. The number of carbonyl (C=O) groups is 4. The smallest absolute Gasteiger partial charge is 0.348 e. The molecule has 0 aromatic carbocycles. The Morgan fingerprint density at radius 3 is 2.54 bits per heavy atom. The van der Waals surface area contributed by atoms with Crippen LogP contribution in [0.25, 0.3) is 6.08 Å². The largest absolute Gasteiger partial charge is 0.462 e. The molecule has 2 aromatic rings. The number of rotatable bonds is 12. The van der Waals surface area contributed by atoms with Gasteiger partial charge in [0, 0.05) is 39.1 Å². The molecule has 39 heavy (non-hydrogen) atoms. The van der Waals surface area contributed by atoms with E-state index in [-0.39, 0.29) is 46.0 Å². The van der Waals surface area contributed by atoms with Gasteiger partial charge < -0.3 is 19.5 Å². The Hall–Kier alpha value is -3.49. The number of amides is 2. The highest BCUT2D eigenvalue weighted by Gasteiger charge is 2.31. The third-order valence-corrected chi connectivity index (χ3v) is 7.51. The predicted octanol–water partition coefficient (Wildman–Crippen LogP) is 3.09. The SMILES string of the molecule is CCOC(=O)c1sc(NC(=O)CSC2=N/C(=C/c3cnn(C)c3)C(=O)N2CCCOC)c(C(=O)OCC)c1C. The molecule has 0 bridgehead atoms. The number of methoxy groups -OCH3 is 1. The summed E-state index contributed by atoms with van der Waals surface area (Å²) in [6.07, 6.45) is 5.61. The monoisotopic (exact) mass is 577 g/mol. The van der Waals surface area contributed by atoms with Crippen LogP contribution in [0.4, 0.5) is 5.00 Å². The molecule has 12 nitrogen and oxygen atoms in total. The van der Waals surface area contributed by atoms with Crippen molar-refractivity contribution < 1.29 is 33.4 Å². The first-order valence-corrected chi connectivity index (χ1v) is 14.0. The highest BCUT2D eigenvalue weighted by molar-refractivity contribution is 8.14. The van der Waals surface area contributed by atoms with Crippen LogP contribution >= 0.6 is 23.1 Å². The number of esters is 2. The van der Waals surface area contributed by atoms with Gasteiger partial charge in [0.05, 0.1) is 30.7 Å². The standard InChI is InChI=1S/C25H31N5O7S2/c1-6-36-23(33)19-15(3)20(24(34)37-7-2)39-21(19)28-18(31)14-38-25-27-17(11-16-12-26-29(4)13-16)22(32)30(25)9-8-10-35-5/h11-13H,6-10,14H2,1-5H3,(H,28,31)/b17-11+. The number of carbonyl (C=O) groups excluding carboxylic acids is 4. The van der Waals surface area contributed by atoms with E-state index in [9.17, 15) is 19.2 Å². The summed E-state index contributed by atoms with van der Waals surface area (Å²) in [5.74, 6) is -2.06. The van der Waals surface area contributed by atoms with Crippen molar-refractivity contribution >= 4 is 63.1 Å². The lowest BCUT2D eigenvalue weighted by molar-refractivity contribution is -0.122. The lowest BCUT2D eigenvalue weighted by atomic mass is 10.1. The number of aryl methyl sites for hydroxylation is 1. The number of hydrogen-bond acceptors (Lipinski definition) is 11. The second-order valence-electron chi connectivity index (χ2n) is 8.21. The van der Waals surface area contributed by atoms with Crippen molar-refractivity contribution in [2.24, 2.45) is 12.0 Å². The molecule has 1 aliphatic rings. The molecular weight excluding hydrogens is 546 g/mol. The van der Waals surface area contributed by atoms with E-state index in [1.807, 2.05) is 0 Å². The summed E-state index contributed by atoms with van der Waals surface area (Å²) >= 11 is 2.04. The molecular formula is C25H31N5O7S2. The first-order valence-electron chi connectivity index (χ1n) is 12.2. The van der Waals surface area contributed by atoms with Crippen LogP contribution in [-0.4, -0.2) is 82.8 Å². The number of amidine groups is 1.